The average molecular weight is 264 g/mol. The van der Waals surface area contributed by atoms with Gasteiger partial charge in [-0.3, -0.25) is 4.79 Å². The third-order valence-electron chi connectivity index (χ3n) is 2.49. The third kappa shape index (κ3) is 3.49. The number of allylic oxidation sites excluding steroid dienone is 2. The summed E-state index contributed by atoms with van der Waals surface area (Å²) in [5.74, 6) is -2.55. The minimum absolute atomic E-state index is 0.143. The second-order valence-corrected chi connectivity index (χ2v) is 3.64. The molecule has 19 heavy (non-hydrogen) atoms. The first-order valence-corrected chi connectivity index (χ1v) is 5.60. The van der Waals surface area contributed by atoms with Crippen molar-refractivity contribution in [2.45, 2.75) is 5.79 Å². The molecule has 0 bridgehead atoms. The van der Waals surface area contributed by atoms with Crippen LogP contribution in [0.4, 0.5) is 0 Å². The molecule has 0 N–H and O–H groups in total. The van der Waals surface area contributed by atoms with E-state index in [1.165, 1.54) is 32.4 Å². The second kappa shape index (κ2) is 6.82. The molecule has 1 unspecified atom stereocenters. The van der Waals surface area contributed by atoms with Gasteiger partial charge in [-0.15, -0.1) is 0 Å². The summed E-state index contributed by atoms with van der Waals surface area (Å²) in [7, 11) is 2.59. The van der Waals surface area contributed by atoms with Crippen LogP contribution < -0.4 is 0 Å². The Hall–Kier alpha value is -1.98. The Kier molecular flexibility index (Phi) is 5.41. The largest absolute Gasteiger partial charge is 0.465 e. The molecule has 5 heteroatoms. The molecule has 102 valence electrons. The molecule has 0 fully saturated rings. The van der Waals surface area contributed by atoms with Crippen molar-refractivity contribution in [1.82, 2.24) is 0 Å². The topological polar surface area (TPSA) is 61.8 Å². The molecule has 0 saturated heterocycles. The van der Waals surface area contributed by atoms with Crippen LogP contribution in [-0.2, 0) is 23.8 Å². The summed E-state index contributed by atoms with van der Waals surface area (Å²) in [6, 6.07) is 0. The molecule has 1 aliphatic rings. The highest BCUT2D eigenvalue weighted by Gasteiger charge is 2.39. The quantitative estimate of drug-likeness (QED) is 0.411. The summed E-state index contributed by atoms with van der Waals surface area (Å²) in [6.45, 7) is 3.66. The van der Waals surface area contributed by atoms with Crippen molar-refractivity contribution in [3.8, 4) is 0 Å². The smallest absolute Gasteiger partial charge is 0.337 e. The zero-order valence-electron chi connectivity index (χ0n) is 10.9. The Balaban J connectivity index is 2.95. The molecular formula is C14H16O5. The van der Waals surface area contributed by atoms with Crippen molar-refractivity contribution < 1.29 is 23.8 Å². The van der Waals surface area contributed by atoms with Crippen molar-refractivity contribution in [2.24, 2.45) is 0 Å². The Bertz CT molecular complexity index is 458. The van der Waals surface area contributed by atoms with Crippen LogP contribution in [0.3, 0.4) is 0 Å². The van der Waals surface area contributed by atoms with E-state index in [1.807, 2.05) is 0 Å². The number of esters is 1. The maximum Gasteiger partial charge on any atom is 0.337 e. The highest BCUT2D eigenvalue weighted by molar-refractivity contribution is 6.04. The van der Waals surface area contributed by atoms with Gasteiger partial charge in [0.1, 0.15) is 0 Å². The molecule has 1 aliphatic carbocycles. The molecule has 0 radical (unpaired) electrons. The maximum absolute atomic E-state index is 11.9. The summed E-state index contributed by atoms with van der Waals surface area (Å²) < 4.78 is 15.1. The fraction of sp³-hybridized carbons (Fsp3) is 0.286. The van der Waals surface area contributed by atoms with Crippen molar-refractivity contribution >= 4 is 11.8 Å². The average Bonchev–Trinajstić information content (AvgIpc) is 2.44. The van der Waals surface area contributed by atoms with Crippen LogP contribution in [0.2, 0.25) is 0 Å². The van der Waals surface area contributed by atoms with Crippen LogP contribution >= 0.6 is 0 Å². The summed E-state index contributed by atoms with van der Waals surface area (Å²) in [4.78, 5) is 23.4. The van der Waals surface area contributed by atoms with Crippen molar-refractivity contribution in [3.05, 3.63) is 48.6 Å². The molecular weight excluding hydrogens is 248 g/mol. The molecule has 0 aromatic heterocycles. The molecule has 0 aromatic rings. The van der Waals surface area contributed by atoms with E-state index < -0.39 is 17.5 Å². The summed E-state index contributed by atoms with van der Waals surface area (Å²) >= 11 is 0. The van der Waals surface area contributed by atoms with Gasteiger partial charge in [0.05, 0.1) is 19.3 Å². The zero-order valence-corrected chi connectivity index (χ0v) is 10.9. The molecule has 0 saturated carbocycles. The van der Waals surface area contributed by atoms with E-state index in [0.717, 1.165) is 0 Å². The molecule has 0 heterocycles. The third-order valence-corrected chi connectivity index (χ3v) is 2.49. The number of rotatable bonds is 6. The van der Waals surface area contributed by atoms with Crippen molar-refractivity contribution in [3.63, 3.8) is 0 Å². The van der Waals surface area contributed by atoms with E-state index >= 15 is 0 Å². The Morgan fingerprint density at radius 1 is 1.42 bits per heavy atom. The van der Waals surface area contributed by atoms with Gasteiger partial charge in [-0.1, -0.05) is 24.8 Å². The van der Waals surface area contributed by atoms with E-state index in [9.17, 15) is 9.59 Å². The first-order valence-electron chi connectivity index (χ1n) is 5.60. The lowest BCUT2D eigenvalue weighted by Crippen LogP contribution is -2.43. The minimum atomic E-state index is -1.59. The highest BCUT2D eigenvalue weighted by Crippen LogP contribution is 2.24. The summed E-state index contributed by atoms with van der Waals surface area (Å²) in [5.41, 5.74) is 0.205. The molecule has 0 spiro atoms. The normalized spacial score (nSPS) is 22.4. The lowest BCUT2D eigenvalue weighted by atomic mass is 10.00. The fourth-order valence-electron chi connectivity index (χ4n) is 1.51. The van der Waals surface area contributed by atoms with Crippen molar-refractivity contribution in [2.75, 3.05) is 20.8 Å². The van der Waals surface area contributed by atoms with Gasteiger partial charge < -0.3 is 14.2 Å². The SMILES string of the molecule is C=C/C=C/COC1(OC)C=C(C(=O)OC)C=CC1=O. The van der Waals surface area contributed by atoms with Crippen LogP contribution in [-0.4, -0.2) is 38.4 Å². The number of carbonyl (C=O) groups is 2. The number of hydrogen-bond acceptors (Lipinski definition) is 5. The number of hydrogen-bond donors (Lipinski definition) is 0. The van der Waals surface area contributed by atoms with E-state index in [0.29, 0.717) is 0 Å². The first kappa shape index (κ1) is 15.1. The van der Waals surface area contributed by atoms with Crippen LogP contribution in [0.5, 0.6) is 0 Å². The van der Waals surface area contributed by atoms with Gasteiger partial charge in [0.2, 0.25) is 5.78 Å². The Labute approximate surface area is 111 Å². The van der Waals surface area contributed by atoms with Crippen LogP contribution in [0.15, 0.2) is 48.6 Å². The van der Waals surface area contributed by atoms with Gasteiger partial charge in [0.15, 0.2) is 0 Å². The lowest BCUT2D eigenvalue weighted by Gasteiger charge is -2.28. The zero-order chi connectivity index (χ0) is 14.3. The number of ketones is 1. The molecule has 1 rings (SSSR count). The van der Waals surface area contributed by atoms with Gasteiger partial charge in [-0.2, -0.15) is 0 Å². The summed E-state index contributed by atoms with van der Waals surface area (Å²) in [6.07, 6.45) is 8.84. The number of methoxy groups -OCH3 is 2. The summed E-state index contributed by atoms with van der Waals surface area (Å²) in [5, 5.41) is 0. The molecule has 0 aliphatic heterocycles. The fourth-order valence-corrected chi connectivity index (χ4v) is 1.51. The molecule has 5 nitrogen and oxygen atoms in total. The van der Waals surface area contributed by atoms with Gasteiger partial charge in [0.25, 0.3) is 5.79 Å². The maximum atomic E-state index is 11.9. The molecule has 0 aromatic carbocycles. The predicted octanol–water partition coefficient (Wildman–Crippen LogP) is 1.33. The van der Waals surface area contributed by atoms with E-state index in [-0.39, 0.29) is 12.2 Å². The van der Waals surface area contributed by atoms with Crippen LogP contribution in [0.1, 0.15) is 0 Å². The van der Waals surface area contributed by atoms with Gasteiger partial charge in [-0.05, 0) is 18.2 Å². The monoisotopic (exact) mass is 264 g/mol. The van der Waals surface area contributed by atoms with Gasteiger partial charge >= 0.3 is 5.97 Å². The highest BCUT2D eigenvalue weighted by atomic mass is 16.7. The lowest BCUT2D eigenvalue weighted by molar-refractivity contribution is -0.187. The van der Waals surface area contributed by atoms with Gasteiger partial charge in [0, 0.05) is 7.11 Å². The predicted molar refractivity (Wildman–Crippen MR) is 69.3 cm³/mol. The van der Waals surface area contributed by atoms with E-state index in [1.54, 1.807) is 18.2 Å². The Morgan fingerprint density at radius 2 is 2.16 bits per heavy atom. The second-order valence-electron chi connectivity index (χ2n) is 3.64. The molecule has 1 atom stereocenters. The van der Waals surface area contributed by atoms with Crippen molar-refractivity contribution in [1.29, 1.82) is 0 Å². The number of carbonyl (C=O) groups excluding carboxylic acids is 2. The van der Waals surface area contributed by atoms with E-state index in [4.69, 9.17) is 9.47 Å². The van der Waals surface area contributed by atoms with Crippen LogP contribution in [0, 0.1) is 0 Å². The number of ether oxygens (including phenoxy) is 3. The standard InChI is InChI=1S/C14H16O5/c1-4-5-6-9-19-14(18-3)10-11(13(16)17-2)7-8-12(14)15/h4-8,10H,1,9H2,2-3H3/b6-5+. The van der Waals surface area contributed by atoms with Gasteiger partial charge in [-0.25, -0.2) is 4.79 Å². The molecule has 0 amide bonds. The Morgan fingerprint density at radius 3 is 2.74 bits per heavy atom. The minimum Gasteiger partial charge on any atom is -0.465 e. The van der Waals surface area contributed by atoms with Crippen LogP contribution in [0.25, 0.3) is 0 Å². The van der Waals surface area contributed by atoms with E-state index in [2.05, 4.69) is 11.3 Å². The first-order chi connectivity index (χ1) is 9.09.